The topological polar surface area (TPSA) is 83.8 Å². The standard InChI is InChI=1S/C10H14O5/c1-7(9(11)12)3-5-15-6-4-8(2)10(13)14/h1-6H2,(H,11,12)(H,13,14). The van der Waals surface area contributed by atoms with E-state index < -0.39 is 11.9 Å². The average Bonchev–Trinajstić information content (AvgIpc) is 2.16. The lowest BCUT2D eigenvalue weighted by Crippen LogP contribution is -2.06. The summed E-state index contributed by atoms with van der Waals surface area (Å²) >= 11 is 0. The average molecular weight is 214 g/mol. The molecule has 0 aliphatic carbocycles. The zero-order chi connectivity index (χ0) is 11.8. The smallest absolute Gasteiger partial charge is 0.331 e. The molecule has 84 valence electrons. The van der Waals surface area contributed by atoms with Gasteiger partial charge in [0.2, 0.25) is 0 Å². The Balaban J connectivity index is 3.48. The monoisotopic (exact) mass is 214 g/mol. The first-order valence-corrected chi connectivity index (χ1v) is 4.35. The van der Waals surface area contributed by atoms with Crippen LogP contribution in [0.3, 0.4) is 0 Å². The van der Waals surface area contributed by atoms with Crippen molar-refractivity contribution >= 4 is 11.9 Å². The fraction of sp³-hybridized carbons (Fsp3) is 0.400. The molecule has 0 heterocycles. The highest BCUT2D eigenvalue weighted by atomic mass is 16.5. The number of hydrogen-bond donors (Lipinski definition) is 2. The molecule has 5 nitrogen and oxygen atoms in total. The van der Waals surface area contributed by atoms with E-state index in [0.29, 0.717) is 0 Å². The summed E-state index contributed by atoms with van der Waals surface area (Å²) in [6.07, 6.45) is 0.462. The largest absolute Gasteiger partial charge is 0.478 e. The fourth-order valence-electron chi connectivity index (χ4n) is 0.707. The number of ether oxygens (including phenoxy) is 1. The first-order chi connectivity index (χ1) is 6.95. The molecule has 0 aromatic heterocycles. The van der Waals surface area contributed by atoms with Crippen molar-refractivity contribution in [1.29, 1.82) is 0 Å². The van der Waals surface area contributed by atoms with Gasteiger partial charge >= 0.3 is 11.9 Å². The second-order valence-corrected chi connectivity index (χ2v) is 2.93. The molecule has 2 N–H and O–H groups in total. The highest BCUT2D eigenvalue weighted by Gasteiger charge is 2.05. The van der Waals surface area contributed by atoms with Gasteiger partial charge in [0, 0.05) is 24.0 Å². The Hall–Kier alpha value is -1.62. The van der Waals surface area contributed by atoms with E-state index in [1.54, 1.807) is 0 Å². The van der Waals surface area contributed by atoms with Gasteiger partial charge in [-0.1, -0.05) is 13.2 Å². The summed E-state index contributed by atoms with van der Waals surface area (Å²) in [6.45, 7) is 7.09. The molecule has 5 heteroatoms. The molecule has 0 radical (unpaired) electrons. The number of carboxylic acids is 2. The normalized spacial score (nSPS) is 9.60. The maximum Gasteiger partial charge on any atom is 0.331 e. The highest BCUT2D eigenvalue weighted by Crippen LogP contribution is 2.01. The SMILES string of the molecule is C=C(CCOCCC(=C)C(=O)O)C(=O)O. The second-order valence-electron chi connectivity index (χ2n) is 2.93. The number of rotatable bonds is 8. The predicted molar refractivity (Wildman–Crippen MR) is 53.6 cm³/mol. The number of aliphatic carboxylic acids is 2. The Bertz CT molecular complexity index is 252. The maximum atomic E-state index is 10.3. The minimum Gasteiger partial charge on any atom is -0.478 e. The zero-order valence-corrected chi connectivity index (χ0v) is 8.36. The van der Waals surface area contributed by atoms with Gasteiger partial charge in [0.05, 0.1) is 13.2 Å². The van der Waals surface area contributed by atoms with Crippen molar-refractivity contribution in [2.75, 3.05) is 13.2 Å². The third-order valence-electron chi connectivity index (χ3n) is 1.70. The number of carboxylic acid groups (broad SMARTS) is 2. The van der Waals surface area contributed by atoms with Gasteiger partial charge in [-0.2, -0.15) is 0 Å². The summed E-state index contributed by atoms with van der Waals surface area (Å²) < 4.78 is 5.03. The van der Waals surface area contributed by atoms with Crippen LogP contribution in [0.5, 0.6) is 0 Å². The van der Waals surface area contributed by atoms with Gasteiger partial charge in [-0.05, 0) is 0 Å². The van der Waals surface area contributed by atoms with Crippen LogP contribution in [-0.2, 0) is 14.3 Å². The van der Waals surface area contributed by atoms with Gasteiger partial charge in [-0.25, -0.2) is 9.59 Å². The maximum absolute atomic E-state index is 10.3. The molecule has 0 aliphatic heterocycles. The first-order valence-electron chi connectivity index (χ1n) is 4.35. The third-order valence-corrected chi connectivity index (χ3v) is 1.70. The zero-order valence-electron chi connectivity index (χ0n) is 8.36. The van der Waals surface area contributed by atoms with Crippen molar-refractivity contribution in [2.24, 2.45) is 0 Å². The Morgan fingerprint density at radius 2 is 1.27 bits per heavy atom. The lowest BCUT2D eigenvalue weighted by atomic mass is 10.2. The summed E-state index contributed by atoms with van der Waals surface area (Å²) in [5.74, 6) is -2.10. The molecular formula is C10H14O5. The van der Waals surface area contributed by atoms with Crippen molar-refractivity contribution in [2.45, 2.75) is 12.8 Å². The van der Waals surface area contributed by atoms with E-state index in [0.717, 1.165) is 0 Å². The molecule has 0 spiro atoms. The molecule has 0 fully saturated rings. The third kappa shape index (κ3) is 6.45. The van der Waals surface area contributed by atoms with E-state index in [2.05, 4.69) is 13.2 Å². The van der Waals surface area contributed by atoms with E-state index >= 15 is 0 Å². The predicted octanol–water partition coefficient (Wildman–Crippen LogP) is 1.06. The van der Waals surface area contributed by atoms with Gasteiger partial charge in [0.1, 0.15) is 0 Å². The van der Waals surface area contributed by atoms with Crippen LogP contribution in [0.25, 0.3) is 0 Å². The lowest BCUT2D eigenvalue weighted by Gasteiger charge is -2.03. The van der Waals surface area contributed by atoms with Crippen LogP contribution in [0.1, 0.15) is 12.8 Å². The number of carbonyl (C=O) groups is 2. The summed E-state index contributed by atoms with van der Waals surface area (Å²) in [6, 6.07) is 0. The Morgan fingerprint density at radius 1 is 0.933 bits per heavy atom. The second kappa shape index (κ2) is 6.78. The van der Waals surface area contributed by atoms with Crippen LogP contribution in [0.4, 0.5) is 0 Å². The minimum absolute atomic E-state index is 0.0760. The van der Waals surface area contributed by atoms with Gasteiger partial charge in [-0.15, -0.1) is 0 Å². The minimum atomic E-state index is -1.05. The fourth-order valence-corrected chi connectivity index (χ4v) is 0.707. The molecule has 0 unspecified atom stereocenters. The van der Waals surface area contributed by atoms with E-state index in [1.165, 1.54) is 0 Å². The van der Waals surface area contributed by atoms with E-state index in [1.807, 2.05) is 0 Å². The van der Waals surface area contributed by atoms with Crippen LogP contribution >= 0.6 is 0 Å². The van der Waals surface area contributed by atoms with Crippen LogP contribution in [0.15, 0.2) is 24.3 Å². The van der Waals surface area contributed by atoms with Gasteiger partial charge in [-0.3, -0.25) is 0 Å². The van der Waals surface area contributed by atoms with E-state index in [-0.39, 0.29) is 37.2 Å². The molecule has 0 saturated carbocycles. The van der Waals surface area contributed by atoms with Crippen LogP contribution in [-0.4, -0.2) is 35.4 Å². The molecular weight excluding hydrogens is 200 g/mol. The summed E-state index contributed by atoms with van der Waals surface area (Å²) in [5, 5.41) is 16.9. The van der Waals surface area contributed by atoms with E-state index in [9.17, 15) is 9.59 Å². The molecule has 0 rings (SSSR count). The molecule has 0 aliphatic rings. The molecule has 0 saturated heterocycles. The Kier molecular flexibility index (Phi) is 6.05. The van der Waals surface area contributed by atoms with Crippen LogP contribution < -0.4 is 0 Å². The molecule has 0 amide bonds. The molecule has 0 bridgehead atoms. The van der Waals surface area contributed by atoms with Gasteiger partial charge < -0.3 is 14.9 Å². The Labute approximate surface area is 87.7 Å². The van der Waals surface area contributed by atoms with Gasteiger partial charge in [0.25, 0.3) is 0 Å². The van der Waals surface area contributed by atoms with Crippen molar-refractivity contribution in [3.05, 3.63) is 24.3 Å². The summed E-state index contributed by atoms with van der Waals surface area (Å²) in [4.78, 5) is 20.6. The quantitative estimate of drug-likeness (QED) is 0.466. The molecule has 0 atom stereocenters. The van der Waals surface area contributed by atoms with Crippen molar-refractivity contribution in [3.8, 4) is 0 Å². The van der Waals surface area contributed by atoms with Gasteiger partial charge in [0.15, 0.2) is 0 Å². The van der Waals surface area contributed by atoms with Crippen molar-refractivity contribution in [3.63, 3.8) is 0 Å². The van der Waals surface area contributed by atoms with Crippen molar-refractivity contribution in [1.82, 2.24) is 0 Å². The first kappa shape index (κ1) is 13.4. The summed E-state index contributed by atoms with van der Waals surface area (Å²) in [5.41, 5.74) is 0.152. The van der Waals surface area contributed by atoms with Crippen LogP contribution in [0.2, 0.25) is 0 Å². The molecule has 15 heavy (non-hydrogen) atoms. The molecule has 0 aromatic carbocycles. The molecule has 0 aromatic rings. The van der Waals surface area contributed by atoms with Crippen molar-refractivity contribution < 1.29 is 24.5 Å². The van der Waals surface area contributed by atoms with E-state index in [4.69, 9.17) is 14.9 Å². The number of hydrogen-bond acceptors (Lipinski definition) is 3. The lowest BCUT2D eigenvalue weighted by molar-refractivity contribution is -0.133. The Morgan fingerprint density at radius 3 is 1.53 bits per heavy atom. The van der Waals surface area contributed by atoms with Crippen LogP contribution in [0, 0.1) is 0 Å². The highest BCUT2D eigenvalue weighted by molar-refractivity contribution is 5.86. The summed E-state index contributed by atoms with van der Waals surface area (Å²) in [7, 11) is 0.